The van der Waals surface area contributed by atoms with Gasteiger partial charge in [-0.2, -0.15) is 0 Å². The lowest BCUT2D eigenvalue weighted by molar-refractivity contribution is -0.124. The van der Waals surface area contributed by atoms with Crippen LogP contribution in [0.3, 0.4) is 0 Å². The fourth-order valence-electron chi connectivity index (χ4n) is 2.02. The van der Waals surface area contributed by atoms with E-state index in [2.05, 4.69) is 24.5 Å². The van der Waals surface area contributed by atoms with Crippen molar-refractivity contribution in [3.05, 3.63) is 34.3 Å². The Bertz CT molecular complexity index is 612. The van der Waals surface area contributed by atoms with Gasteiger partial charge in [-0.1, -0.05) is 37.6 Å². The van der Waals surface area contributed by atoms with E-state index >= 15 is 0 Å². The van der Waals surface area contributed by atoms with Crippen LogP contribution in [0.4, 0.5) is 4.79 Å². The lowest BCUT2D eigenvalue weighted by Crippen LogP contribution is -2.50. The standard InChI is InChI=1S/C18H27ClN2O4/c1-11(2)12-6-7-13(14(19)8-12)9-20-16(23)15(10-22)21-17(24)25-18(3,4)5/h6-8,11,15,22H,9-10H2,1-5H3,(H,20,23)(H,21,24). The van der Waals surface area contributed by atoms with Gasteiger partial charge in [-0.15, -0.1) is 0 Å². The zero-order chi connectivity index (χ0) is 19.2. The molecular formula is C18H27ClN2O4. The molecule has 0 aromatic heterocycles. The first-order valence-electron chi connectivity index (χ1n) is 8.20. The number of ether oxygens (including phenoxy) is 1. The molecular weight excluding hydrogens is 344 g/mol. The highest BCUT2D eigenvalue weighted by atomic mass is 35.5. The lowest BCUT2D eigenvalue weighted by Gasteiger charge is -2.22. The maximum Gasteiger partial charge on any atom is 0.408 e. The third-order valence-electron chi connectivity index (χ3n) is 3.39. The van der Waals surface area contributed by atoms with E-state index in [1.54, 1.807) is 20.8 Å². The molecule has 2 amide bonds. The predicted molar refractivity (Wildman–Crippen MR) is 97.6 cm³/mol. The molecule has 0 aliphatic carbocycles. The number of alkyl carbamates (subject to hydrolysis) is 1. The molecule has 1 unspecified atom stereocenters. The highest BCUT2D eigenvalue weighted by Gasteiger charge is 2.23. The minimum atomic E-state index is -1.09. The van der Waals surface area contributed by atoms with Gasteiger partial charge in [-0.05, 0) is 43.9 Å². The van der Waals surface area contributed by atoms with Gasteiger partial charge in [0.2, 0.25) is 5.91 Å². The monoisotopic (exact) mass is 370 g/mol. The molecule has 0 fully saturated rings. The number of nitrogens with one attached hydrogen (secondary N) is 2. The summed E-state index contributed by atoms with van der Waals surface area (Å²) in [5.74, 6) is -0.157. The number of carbonyl (C=O) groups excluding carboxylic acids is 2. The topological polar surface area (TPSA) is 87.7 Å². The van der Waals surface area contributed by atoms with Gasteiger partial charge in [0, 0.05) is 11.6 Å². The van der Waals surface area contributed by atoms with Crippen LogP contribution in [-0.2, 0) is 16.1 Å². The molecule has 7 heteroatoms. The lowest BCUT2D eigenvalue weighted by atomic mass is 10.0. The van der Waals surface area contributed by atoms with E-state index < -0.39 is 30.3 Å². The van der Waals surface area contributed by atoms with Crippen LogP contribution in [0.5, 0.6) is 0 Å². The van der Waals surface area contributed by atoms with Gasteiger partial charge in [0.15, 0.2) is 0 Å². The van der Waals surface area contributed by atoms with Crippen LogP contribution in [0.15, 0.2) is 18.2 Å². The van der Waals surface area contributed by atoms with Crippen molar-refractivity contribution in [3.8, 4) is 0 Å². The summed E-state index contributed by atoms with van der Waals surface area (Å²) in [4.78, 5) is 23.9. The van der Waals surface area contributed by atoms with E-state index in [1.165, 1.54) is 0 Å². The van der Waals surface area contributed by atoms with Crippen molar-refractivity contribution in [2.45, 2.75) is 58.7 Å². The molecule has 0 saturated carbocycles. The summed E-state index contributed by atoms with van der Waals surface area (Å²) in [5, 5.41) is 14.9. The van der Waals surface area contributed by atoms with E-state index in [0.717, 1.165) is 11.1 Å². The summed E-state index contributed by atoms with van der Waals surface area (Å²) in [5.41, 5.74) is 1.18. The molecule has 0 aliphatic rings. The fraction of sp³-hybridized carbons (Fsp3) is 0.556. The summed E-state index contributed by atoms with van der Waals surface area (Å²) in [6.45, 7) is 8.94. The van der Waals surface area contributed by atoms with Gasteiger partial charge < -0.3 is 20.5 Å². The molecule has 0 radical (unpaired) electrons. The Morgan fingerprint density at radius 2 is 1.92 bits per heavy atom. The Morgan fingerprint density at radius 1 is 1.28 bits per heavy atom. The molecule has 1 atom stereocenters. The Kier molecular flexibility index (Phi) is 7.70. The van der Waals surface area contributed by atoms with Gasteiger partial charge >= 0.3 is 6.09 Å². The van der Waals surface area contributed by atoms with Crippen LogP contribution in [0.1, 0.15) is 51.7 Å². The van der Waals surface area contributed by atoms with E-state index in [-0.39, 0.29) is 6.54 Å². The number of carbonyl (C=O) groups is 2. The van der Waals surface area contributed by atoms with Crippen LogP contribution in [0.2, 0.25) is 5.02 Å². The summed E-state index contributed by atoms with van der Waals surface area (Å²) < 4.78 is 5.08. The van der Waals surface area contributed by atoms with Crippen LogP contribution < -0.4 is 10.6 Å². The van der Waals surface area contributed by atoms with Crippen molar-refractivity contribution in [1.29, 1.82) is 0 Å². The summed E-state index contributed by atoms with van der Waals surface area (Å²) in [7, 11) is 0. The van der Waals surface area contributed by atoms with Crippen molar-refractivity contribution in [2.75, 3.05) is 6.61 Å². The molecule has 1 aromatic rings. The molecule has 0 saturated heterocycles. The minimum Gasteiger partial charge on any atom is -0.444 e. The Morgan fingerprint density at radius 3 is 2.40 bits per heavy atom. The van der Waals surface area contributed by atoms with Crippen LogP contribution >= 0.6 is 11.6 Å². The van der Waals surface area contributed by atoms with Crippen molar-refractivity contribution in [3.63, 3.8) is 0 Å². The smallest absolute Gasteiger partial charge is 0.408 e. The number of rotatable bonds is 6. The van der Waals surface area contributed by atoms with Crippen molar-refractivity contribution in [2.24, 2.45) is 0 Å². The molecule has 140 valence electrons. The second-order valence-electron chi connectivity index (χ2n) is 7.10. The summed E-state index contributed by atoms with van der Waals surface area (Å²) in [6, 6.07) is 4.59. The van der Waals surface area contributed by atoms with E-state index in [9.17, 15) is 14.7 Å². The molecule has 1 aromatic carbocycles. The number of halogens is 1. The molecule has 0 aliphatic heterocycles. The van der Waals surface area contributed by atoms with Gasteiger partial charge in [0.1, 0.15) is 11.6 Å². The second kappa shape index (κ2) is 9.06. The normalized spacial score (nSPS) is 12.6. The second-order valence-corrected chi connectivity index (χ2v) is 7.51. The summed E-state index contributed by atoms with van der Waals surface area (Å²) >= 11 is 6.24. The molecule has 0 spiro atoms. The quantitative estimate of drug-likeness (QED) is 0.718. The first-order valence-corrected chi connectivity index (χ1v) is 8.57. The number of hydrogen-bond acceptors (Lipinski definition) is 4. The number of aliphatic hydroxyl groups excluding tert-OH is 1. The number of amides is 2. The molecule has 6 nitrogen and oxygen atoms in total. The number of benzene rings is 1. The molecule has 25 heavy (non-hydrogen) atoms. The maximum absolute atomic E-state index is 12.2. The van der Waals surface area contributed by atoms with Gasteiger partial charge in [-0.3, -0.25) is 4.79 Å². The van der Waals surface area contributed by atoms with Crippen molar-refractivity contribution >= 4 is 23.6 Å². The Hall–Kier alpha value is -1.79. The average Bonchev–Trinajstić information content (AvgIpc) is 2.49. The van der Waals surface area contributed by atoms with Crippen LogP contribution in [0.25, 0.3) is 0 Å². The van der Waals surface area contributed by atoms with Crippen LogP contribution in [-0.4, -0.2) is 35.4 Å². The third-order valence-corrected chi connectivity index (χ3v) is 3.74. The van der Waals surface area contributed by atoms with Crippen molar-refractivity contribution in [1.82, 2.24) is 10.6 Å². The SMILES string of the molecule is CC(C)c1ccc(CNC(=O)C(CO)NC(=O)OC(C)(C)C)c(Cl)c1. The average molecular weight is 371 g/mol. The van der Waals surface area contributed by atoms with Gasteiger partial charge in [0.25, 0.3) is 0 Å². The molecule has 1 rings (SSSR count). The summed E-state index contributed by atoms with van der Waals surface area (Å²) in [6.07, 6.45) is -0.763. The minimum absolute atomic E-state index is 0.197. The van der Waals surface area contributed by atoms with Gasteiger partial charge in [0.05, 0.1) is 6.61 Å². The largest absolute Gasteiger partial charge is 0.444 e. The molecule has 0 bridgehead atoms. The highest BCUT2D eigenvalue weighted by molar-refractivity contribution is 6.31. The van der Waals surface area contributed by atoms with E-state index in [4.69, 9.17) is 16.3 Å². The van der Waals surface area contributed by atoms with Crippen LogP contribution in [0, 0.1) is 0 Å². The first-order chi connectivity index (χ1) is 11.5. The third kappa shape index (κ3) is 7.32. The maximum atomic E-state index is 12.2. The fourth-order valence-corrected chi connectivity index (χ4v) is 2.27. The van der Waals surface area contributed by atoms with Crippen molar-refractivity contribution < 1.29 is 19.4 Å². The first kappa shape index (κ1) is 21.3. The van der Waals surface area contributed by atoms with E-state index in [0.29, 0.717) is 10.9 Å². The predicted octanol–water partition coefficient (Wildman–Crippen LogP) is 2.97. The zero-order valence-corrected chi connectivity index (χ0v) is 16.1. The highest BCUT2D eigenvalue weighted by Crippen LogP contribution is 2.22. The Labute approximate surface area is 153 Å². The molecule has 3 N–H and O–H groups in total. The van der Waals surface area contributed by atoms with E-state index in [1.807, 2.05) is 18.2 Å². The number of hydrogen-bond donors (Lipinski definition) is 3. The van der Waals surface area contributed by atoms with Gasteiger partial charge in [-0.25, -0.2) is 4.79 Å². The molecule has 0 heterocycles. The number of aliphatic hydroxyl groups is 1. The zero-order valence-electron chi connectivity index (χ0n) is 15.4. The Balaban J connectivity index is 2.63.